The molecule has 1 N–H and O–H groups in total. The number of benzene rings is 1. The van der Waals surface area contributed by atoms with Crippen LogP contribution in [0.5, 0.6) is 0 Å². The Morgan fingerprint density at radius 1 is 1.07 bits per heavy atom. The Hall–Kier alpha value is -1.97. The van der Waals surface area contributed by atoms with E-state index in [2.05, 4.69) is 5.32 Å². The summed E-state index contributed by atoms with van der Waals surface area (Å²) in [5.41, 5.74) is 0.566. The van der Waals surface area contributed by atoms with Crippen molar-refractivity contribution in [3.63, 3.8) is 0 Å². The molecule has 8 nitrogen and oxygen atoms in total. The van der Waals surface area contributed by atoms with E-state index in [0.29, 0.717) is 51.3 Å². The number of hydrogen-bond acceptors (Lipinski definition) is 6. The molecule has 2 saturated heterocycles. The van der Waals surface area contributed by atoms with Gasteiger partial charge in [0.2, 0.25) is 15.9 Å². The molecular weight excluding hydrogens is 394 g/mol. The van der Waals surface area contributed by atoms with E-state index in [0.717, 1.165) is 12.8 Å². The fraction of sp³-hybridized carbons (Fsp3) is 0.600. The first-order valence-corrected chi connectivity index (χ1v) is 11.6. The maximum atomic E-state index is 12.5. The Labute approximate surface area is 172 Å². The highest BCUT2D eigenvalue weighted by atomic mass is 32.2. The smallest absolute Gasteiger partial charge is 0.309 e. The number of nitrogens with zero attached hydrogens (tertiary/aromatic N) is 2. The van der Waals surface area contributed by atoms with Gasteiger partial charge < -0.3 is 10.1 Å². The molecule has 2 aliphatic rings. The maximum Gasteiger partial charge on any atom is 0.309 e. The zero-order chi connectivity index (χ0) is 20.9. The molecule has 3 rings (SSSR count). The number of esters is 1. The monoisotopic (exact) mass is 423 g/mol. The average molecular weight is 424 g/mol. The molecule has 0 spiro atoms. The van der Waals surface area contributed by atoms with Gasteiger partial charge in [-0.15, -0.1) is 0 Å². The van der Waals surface area contributed by atoms with Crippen LogP contribution in [0.4, 0.5) is 5.69 Å². The highest BCUT2D eigenvalue weighted by Crippen LogP contribution is 2.22. The molecule has 0 atom stereocenters. The van der Waals surface area contributed by atoms with E-state index in [1.165, 1.54) is 16.4 Å². The number of ether oxygens (including phenoxy) is 1. The second-order valence-electron chi connectivity index (χ2n) is 7.49. The van der Waals surface area contributed by atoms with Crippen molar-refractivity contribution in [2.45, 2.75) is 37.5 Å². The third kappa shape index (κ3) is 5.55. The SMILES string of the molecule is CCOC(=O)C1CCN(CC(=O)Nc2ccc(S(=O)(=O)N3CCCC3)cc2)CC1. The molecule has 2 aliphatic heterocycles. The van der Waals surface area contributed by atoms with Crippen LogP contribution < -0.4 is 5.32 Å². The van der Waals surface area contributed by atoms with Gasteiger partial charge in [0, 0.05) is 18.8 Å². The summed E-state index contributed by atoms with van der Waals surface area (Å²) in [6.45, 7) is 4.89. The summed E-state index contributed by atoms with van der Waals surface area (Å²) in [7, 11) is -3.45. The first-order valence-electron chi connectivity index (χ1n) is 10.2. The molecule has 1 aromatic carbocycles. The van der Waals surface area contributed by atoms with E-state index >= 15 is 0 Å². The first-order chi connectivity index (χ1) is 13.9. The van der Waals surface area contributed by atoms with E-state index < -0.39 is 10.0 Å². The number of carbonyl (C=O) groups excluding carboxylic acids is 2. The number of carbonyl (C=O) groups is 2. The number of amides is 1. The van der Waals surface area contributed by atoms with Gasteiger partial charge in [0.25, 0.3) is 0 Å². The van der Waals surface area contributed by atoms with Gasteiger partial charge in [-0.25, -0.2) is 8.42 Å². The lowest BCUT2D eigenvalue weighted by Crippen LogP contribution is -2.41. The Morgan fingerprint density at radius 3 is 2.28 bits per heavy atom. The van der Waals surface area contributed by atoms with Crippen LogP contribution in [0.2, 0.25) is 0 Å². The van der Waals surface area contributed by atoms with Gasteiger partial charge >= 0.3 is 5.97 Å². The lowest BCUT2D eigenvalue weighted by Gasteiger charge is -2.30. The number of nitrogens with one attached hydrogen (secondary N) is 1. The van der Waals surface area contributed by atoms with Crippen molar-refractivity contribution in [3.05, 3.63) is 24.3 Å². The predicted octanol–water partition coefficient (Wildman–Crippen LogP) is 1.68. The van der Waals surface area contributed by atoms with E-state index in [1.54, 1.807) is 19.1 Å². The van der Waals surface area contributed by atoms with Crippen LogP contribution in [0.15, 0.2) is 29.2 Å². The summed E-state index contributed by atoms with van der Waals surface area (Å²) in [5.74, 6) is -0.394. The topological polar surface area (TPSA) is 96.0 Å². The second-order valence-corrected chi connectivity index (χ2v) is 9.42. The van der Waals surface area contributed by atoms with Gasteiger partial charge in [-0.2, -0.15) is 4.31 Å². The van der Waals surface area contributed by atoms with Crippen LogP contribution in [0, 0.1) is 5.92 Å². The molecule has 0 aliphatic carbocycles. The normalized spacial score (nSPS) is 19.2. The van der Waals surface area contributed by atoms with E-state index in [-0.39, 0.29) is 29.2 Å². The number of likely N-dealkylation sites (tertiary alicyclic amines) is 1. The summed E-state index contributed by atoms with van der Waals surface area (Å²) in [6.07, 6.45) is 3.17. The molecule has 0 unspecified atom stereocenters. The minimum Gasteiger partial charge on any atom is -0.466 e. The van der Waals surface area contributed by atoms with Crippen molar-refractivity contribution in [1.82, 2.24) is 9.21 Å². The van der Waals surface area contributed by atoms with Gasteiger partial charge in [0.15, 0.2) is 0 Å². The van der Waals surface area contributed by atoms with Gasteiger partial charge in [0.1, 0.15) is 0 Å². The first kappa shape index (κ1) is 21.7. The lowest BCUT2D eigenvalue weighted by atomic mass is 9.97. The summed E-state index contributed by atoms with van der Waals surface area (Å²) >= 11 is 0. The minimum atomic E-state index is -3.45. The van der Waals surface area contributed by atoms with Crippen LogP contribution in [-0.4, -0.2) is 68.8 Å². The standard InChI is InChI=1S/C20H29N3O5S/c1-2-28-20(25)16-9-13-22(14-10-16)15-19(24)21-17-5-7-18(8-6-17)29(26,27)23-11-3-4-12-23/h5-8,16H,2-4,9-15H2,1H3,(H,21,24). The third-order valence-electron chi connectivity index (χ3n) is 5.42. The van der Waals surface area contributed by atoms with Gasteiger partial charge in [0.05, 0.1) is 24.0 Å². The van der Waals surface area contributed by atoms with E-state index in [1.807, 2.05) is 4.90 Å². The van der Waals surface area contributed by atoms with Crippen LogP contribution in [-0.2, 0) is 24.3 Å². The quantitative estimate of drug-likeness (QED) is 0.671. The minimum absolute atomic E-state index is 0.0839. The predicted molar refractivity (Wildman–Crippen MR) is 109 cm³/mol. The number of piperidine rings is 1. The van der Waals surface area contributed by atoms with Crippen molar-refractivity contribution < 1.29 is 22.7 Å². The number of anilines is 1. The zero-order valence-corrected chi connectivity index (χ0v) is 17.6. The third-order valence-corrected chi connectivity index (χ3v) is 7.33. The Balaban J connectivity index is 1.48. The number of rotatable bonds is 7. The molecule has 0 aromatic heterocycles. The summed E-state index contributed by atoms with van der Waals surface area (Å²) in [4.78, 5) is 26.4. The fourth-order valence-corrected chi connectivity index (χ4v) is 5.30. The highest BCUT2D eigenvalue weighted by molar-refractivity contribution is 7.89. The maximum absolute atomic E-state index is 12.5. The van der Waals surface area contributed by atoms with Crippen molar-refractivity contribution in [2.75, 3.05) is 44.6 Å². The summed E-state index contributed by atoms with van der Waals surface area (Å²) in [6, 6.07) is 6.31. The highest BCUT2D eigenvalue weighted by Gasteiger charge is 2.28. The summed E-state index contributed by atoms with van der Waals surface area (Å²) in [5, 5.41) is 2.81. The van der Waals surface area contributed by atoms with Crippen LogP contribution in [0.25, 0.3) is 0 Å². The Bertz CT molecular complexity index is 811. The molecule has 0 bridgehead atoms. The number of hydrogen-bond donors (Lipinski definition) is 1. The molecule has 9 heteroatoms. The van der Waals surface area contributed by atoms with E-state index in [4.69, 9.17) is 4.74 Å². The van der Waals surface area contributed by atoms with Crippen LogP contribution in [0.3, 0.4) is 0 Å². The van der Waals surface area contributed by atoms with Gasteiger partial charge in [-0.05, 0) is 70.0 Å². The molecule has 2 fully saturated rings. The van der Waals surface area contributed by atoms with Crippen molar-refractivity contribution in [2.24, 2.45) is 5.92 Å². The molecular formula is C20H29N3O5S. The molecule has 1 aromatic rings. The second kappa shape index (κ2) is 9.69. The van der Waals surface area contributed by atoms with Crippen molar-refractivity contribution in [3.8, 4) is 0 Å². The molecule has 0 radical (unpaired) electrons. The number of sulfonamides is 1. The zero-order valence-electron chi connectivity index (χ0n) is 16.8. The summed E-state index contributed by atoms with van der Waals surface area (Å²) < 4.78 is 31.7. The van der Waals surface area contributed by atoms with E-state index in [9.17, 15) is 18.0 Å². The average Bonchev–Trinajstić information content (AvgIpc) is 3.25. The van der Waals surface area contributed by atoms with Crippen LogP contribution >= 0.6 is 0 Å². The lowest BCUT2D eigenvalue weighted by molar-refractivity contribution is -0.149. The van der Waals surface area contributed by atoms with Gasteiger partial charge in [-0.1, -0.05) is 0 Å². The molecule has 0 saturated carbocycles. The van der Waals surface area contributed by atoms with Crippen molar-refractivity contribution >= 4 is 27.6 Å². The molecule has 160 valence electrons. The van der Waals surface area contributed by atoms with Gasteiger partial charge in [-0.3, -0.25) is 14.5 Å². The Morgan fingerprint density at radius 2 is 1.69 bits per heavy atom. The Kier molecular flexibility index (Phi) is 7.26. The fourth-order valence-electron chi connectivity index (χ4n) is 3.78. The largest absolute Gasteiger partial charge is 0.466 e. The molecule has 29 heavy (non-hydrogen) atoms. The molecule has 2 heterocycles. The van der Waals surface area contributed by atoms with Crippen molar-refractivity contribution in [1.29, 1.82) is 0 Å². The van der Waals surface area contributed by atoms with Crippen LogP contribution in [0.1, 0.15) is 32.6 Å². The molecule has 1 amide bonds.